The van der Waals surface area contributed by atoms with Gasteiger partial charge in [-0.2, -0.15) is 0 Å². The number of rotatable bonds is 2. The summed E-state index contributed by atoms with van der Waals surface area (Å²) in [5, 5.41) is 0.821. The van der Waals surface area contributed by atoms with Gasteiger partial charge in [0.05, 0.1) is 9.50 Å². The molecule has 2 N–H and O–H groups in total. The molecular weight excluding hydrogens is 337 g/mol. The van der Waals surface area contributed by atoms with E-state index in [1.54, 1.807) is 36.4 Å². The second-order valence-corrected chi connectivity index (χ2v) is 5.30. The Balaban J connectivity index is 2.55. The van der Waals surface area contributed by atoms with Crippen LogP contribution in [0.25, 0.3) is 0 Å². The van der Waals surface area contributed by atoms with Crippen molar-refractivity contribution in [3.63, 3.8) is 0 Å². The van der Waals surface area contributed by atoms with E-state index in [0.29, 0.717) is 31.3 Å². The van der Waals surface area contributed by atoms with Crippen molar-refractivity contribution in [2.45, 2.75) is 0 Å². The monoisotopic (exact) mass is 343 g/mol. The SMILES string of the molecule is Nc1cccc(C(=O)c2cc(Cl)ccc2Cl)c1Br. The molecule has 2 aromatic carbocycles. The zero-order valence-electron chi connectivity index (χ0n) is 9.08. The molecule has 0 radical (unpaired) electrons. The summed E-state index contributed by atoms with van der Waals surface area (Å²) in [4.78, 5) is 12.4. The maximum atomic E-state index is 12.4. The molecule has 2 nitrogen and oxygen atoms in total. The van der Waals surface area contributed by atoms with Gasteiger partial charge < -0.3 is 5.73 Å². The maximum Gasteiger partial charge on any atom is 0.195 e. The molecule has 0 aliphatic rings. The van der Waals surface area contributed by atoms with E-state index >= 15 is 0 Å². The minimum atomic E-state index is -0.221. The first-order valence-electron chi connectivity index (χ1n) is 5.04. The number of carbonyl (C=O) groups is 1. The van der Waals surface area contributed by atoms with Crippen LogP contribution in [0.5, 0.6) is 0 Å². The van der Waals surface area contributed by atoms with Gasteiger partial charge in [-0.1, -0.05) is 29.3 Å². The average Bonchev–Trinajstić information content (AvgIpc) is 2.35. The molecule has 5 heteroatoms. The molecule has 0 fully saturated rings. The summed E-state index contributed by atoms with van der Waals surface area (Å²) >= 11 is 15.2. The van der Waals surface area contributed by atoms with Crippen LogP contribution in [0.15, 0.2) is 40.9 Å². The second kappa shape index (κ2) is 5.31. The molecule has 0 saturated carbocycles. The lowest BCUT2D eigenvalue weighted by molar-refractivity contribution is 0.103. The van der Waals surface area contributed by atoms with Crippen LogP contribution in [0, 0.1) is 0 Å². The fourth-order valence-electron chi connectivity index (χ4n) is 1.54. The van der Waals surface area contributed by atoms with E-state index in [4.69, 9.17) is 28.9 Å². The zero-order valence-corrected chi connectivity index (χ0v) is 12.2. The fraction of sp³-hybridized carbons (Fsp3) is 0. The molecule has 92 valence electrons. The highest BCUT2D eigenvalue weighted by molar-refractivity contribution is 9.10. The molecular formula is C13H8BrCl2NO. The smallest absolute Gasteiger partial charge is 0.195 e. The molecule has 0 atom stereocenters. The third kappa shape index (κ3) is 2.53. The van der Waals surface area contributed by atoms with Crippen molar-refractivity contribution < 1.29 is 4.79 Å². The highest BCUT2D eigenvalue weighted by Crippen LogP contribution is 2.29. The first-order valence-corrected chi connectivity index (χ1v) is 6.59. The standard InChI is InChI=1S/C13H8BrCl2NO/c14-12-8(2-1-3-11(12)17)13(18)9-6-7(15)4-5-10(9)16/h1-6H,17H2. The van der Waals surface area contributed by atoms with E-state index in [2.05, 4.69) is 15.9 Å². The molecule has 0 aliphatic carbocycles. The largest absolute Gasteiger partial charge is 0.398 e. The van der Waals surface area contributed by atoms with E-state index in [1.807, 2.05) is 0 Å². The third-order valence-corrected chi connectivity index (χ3v) is 3.90. The fourth-order valence-corrected chi connectivity index (χ4v) is 2.36. The summed E-state index contributed by atoms with van der Waals surface area (Å²) in [5.41, 5.74) is 7.06. The molecule has 0 bridgehead atoms. The molecule has 0 amide bonds. The summed E-state index contributed by atoms with van der Waals surface area (Å²) < 4.78 is 0.561. The molecule has 0 heterocycles. The zero-order chi connectivity index (χ0) is 13.3. The lowest BCUT2D eigenvalue weighted by atomic mass is 10.0. The van der Waals surface area contributed by atoms with Crippen LogP contribution in [0.4, 0.5) is 5.69 Å². The number of halogens is 3. The van der Waals surface area contributed by atoms with Gasteiger partial charge in [0.15, 0.2) is 5.78 Å². The summed E-state index contributed by atoms with van der Waals surface area (Å²) in [6.45, 7) is 0. The Bertz CT molecular complexity index is 624. The van der Waals surface area contributed by atoms with Crippen LogP contribution in [-0.4, -0.2) is 5.78 Å². The van der Waals surface area contributed by atoms with Crippen molar-refractivity contribution in [1.82, 2.24) is 0 Å². The summed E-state index contributed by atoms with van der Waals surface area (Å²) in [5.74, 6) is -0.221. The minimum Gasteiger partial charge on any atom is -0.398 e. The minimum absolute atomic E-state index is 0.221. The number of nitrogens with two attached hydrogens (primary N) is 1. The van der Waals surface area contributed by atoms with Gasteiger partial charge >= 0.3 is 0 Å². The first-order chi connectivity index (χ1) is 8.50. The van der Waals surface area contributed by atoms with Crippen LogP contribution in [0.2, 0.25) is 10.0 Å². The molecule has 18 heavy (non-hydrogen) atoms. The van der Waals surface area contributed by atoms with Gasteiger partial charge in [-0.25, -0.2) is 0 Å². The van der Waals surface area contributed by atoms with Gasteiger partial charge in [0, 0.05) is 21.8 Å². The van der Waals surface area contributed by atoms with Crippen molar-refractivity contribution in [1.29, 1.82) is 0 Å². The summed E-state index contributed by atoms with van der Waals surface area (Å²) in [6.07, 6.45) is 0. The maximum absolute atomic E-state index is 12.4. The quantitative estimate of drug-likeness (QED) is 0.640. The average molecular weight is 345 g/mol. The second-order valence-electron chi connectivity index (χ2n) is 3.66. The number of carbonyl (C=O) groups excluding carboxylic acids is 1. The molecule has 0 unspecified atom stereocenters. The number of ketones is 1. The highest BCUT2D eigenvalue weighted by Gasteiger charge is 2.17. The van der Waals surface area contributed by atoms with E-state index < -0.39 is 0 Å². The van der Waals surface area contributed by atoms with Gasteiger partial charge in [-0.15, -0.1) is 0 Å². The van der Waals surface area contributed by atoms with Crippen molar-refractivity contribution >= 4 is 50.6 Å². The molecule has 0 spiro atoms. The number of hydrogen-bond acceptors (Lipinski definition) is 2. The number of nitrogen functional groups attached to an aromatic ring is 1. The van der Waals surface area contributed by atoms with Crippen LogP contribution in [0.1, 0.15) is 15.9 Å². The van der Waals surface area contributed by atoms with Crippen molar-refractivity contribution in [3.05, 3.63) is 62.0 Å². The lowest BCUT2D eigenvalue weighted by Crippen LogP contribution is -2.04. The van der Waals surface area contributed by atoms with Crippen molar-refractivity contribution in [2.75, 3.05) is 5.73 Å². The Kier molecular flexibility index (Phi) is 3.95. The van der Waals surface area contributed by atoms with Crippen LogP contribution in [0.3, 0.4) is 0 Å². The predicted octanol–water partition coefficient (Wildman–Crippen LogP) is 4.57. The Labute approximate surface area is 123 Å². The highest BCUT2D eigenvalue weighted by atomic mass is 79.9. The van der Waals surface area contributed by atoms with Crippen molar-refractivity contribution in [3.8, 4) is 0 Å². The van der Waals surface area contributed by atoms with E-state index in [9.17, 15) is 4.79 Å². The summed E-state index contributed by atoms with van der Waals surface area (Å²) in [7, 11) is 0. The Hall–Kier alpha value is -1.03. The molecule has 2 aromatic rings. The normalized spacial score (nSPS) is 10.4. The Morgan fingerprint density at radius 3 is 2.56 bits per heavy atom. The van der Waals surface area contributed by atoms with Gasteiger partial charge in [-0.3, -0.25) is 4.79 Å². The third-order valence-electron chi connectivity index (χ3n) is 2.45. The van der Waals surface area contributed by atoms with Gasteiger partial charge in [0.1, 0.15) is 0 Å². The molecule has 0 aliphatic heterocycles. The lowest BCUT2D eigenvalue weighted by Gasteiger charge is -2.07. The molecule has 0 saturated heterocycles. The van der Waals surface area contributed by atoms with Crippen LogP contribution in [-0.2, 0) is 0 Å². The van der Waals surface area contributed by atoms with Gasteiger partial charge in [0.25, 0.3) is 0 Å². The number of hydrogen-bond donors (Lipinski definition) is 1. The number of anilines is 1. The van der Waals surface area contributed by atoms with E-state index in [0.717, 1.165) is 0 Å². The Morgan fingerprint density at radius 2 is 1.83 bits per heavy atom. The van der Waals surface area contributed by atoms with E-state index in [-0.39, 0.29) is 5.78 Å². The Morgan fingerprint density at radius 1 is 1.11 bits per heavy atom. The predicted molar refractivity (Wildman–Crippen MR) is 78.4 cm³/mol. The molecule has 0 aromatic heterocycles. The number of benzene rings is 2. The summed E-state index contributed by atoms with van der Waals surface area (Å²) in [6, 6.07) is 9.88. The van der Waals surface area contributed by atoms with Gasteiger partial charge in [-0.05, 0) is 46.3 Å². The van der Waals surface area contributed by atoms with Crippen LogP contribution < -0.4 is 5.73 Å². The topological polar surface area (TPSA) is 43.1 Å². The van der Waals surface area contributed by atoms with E-state index in [1.165, 1.54) is 0 Å². The molecule has 2 rings (SSSR count). The van der Waals surface area contributed by atoms with Crippen LogP contribution >= 0.6 is 39.1 Å². The first kappa shape index (κ1) is 13.4. The van der Waals surface area contributed by atoms with Gasteiger partial charge in [0.2, 0.25) is 0 Å². The van der Waals surface area contributed by atoms with Crippen molar-refractivity contribution in [2.24, 2.45) is 0 Å².